The lowest BCUT2D eigenvalue weighted by Gasteiger charge is -2.05. The fraction of sp³-hybridized carbons (Fsp3) is 0.0556. The van der Waals surface area contributed by atoms with Gasteiger partial charge in [0.25, 0.3) is 0 Å². The van der Waals surface area contributed by atoms with Crippen molar-refractivity contribution in [3.63, 3.8) is 0 Å². The predicted molar refractivity (Wildman–Crippen MR) is 89.1 cm³/mol. The van der Waals surface area contributed by atoms with Crippen LogP contribution in [0.15, 0.2) is 59.6 Å². The molecule has 2 nitrogen and oxygen atoms in total. The number of hydrogen-bond donors (Lipinski definition) is 1. The van der Waals surface area contributed by atoms with Gasteiger partial charge in [-0.25, -0.2) is 0 Å². The fourth-order valence-corrected chi connectivity index (χ4v) is 2.40. The molecule has 0 aliphatic heterocycles. The molecule has 0 unspecified atom stereocenters. The molecule has 1 N–H and O–H groups in total. The number of rotatable bonds is 2. The van der Waals surface area contributed by atoms with Crippen LogP contribution in [0.5, 0.6) is 5.75 Å². The number of hydrogen-bond acceptors (Lipinski definition) is 2. The molecule has 0 saturated carbocycles. The molecule has 0 aliphatic carbocycles. The molecule has 21 heavy (non-hydrogen) atoms. The zero-order valence-electron chi connectivity index (χ0n) is 11.5. The maximum absolute atomic E-state index is 10.3. The third kappa shape index (κ3) is 2.76. The van der Waals surface area contributed by atoms with E-state index in [0.29, 0.717) is 10.6 Å². The molecule has 104 valence electrons. The molecule has 0 saturated heterocycles. The maximum Gasteiger partial charge on any atom is 0.132 e. The highest BCUT2D eigenvalue weighted by Crippen LogP contribution is 2.28. The van der Waals surface area contributed by atoms with E-state index in [1.165, 1.54) is 0 Å². The first kappa shape index (κ1) is 13.7. The minimum Gasteiger partial charge on any atom is -0.507 e. The van der Waals surface area contributed by atoms with Crippen molar-refractivity contribution in [2.45, 2.75) is 6.92 Å². The second-order valence-corrected chi connectivity index (χ2v) is 5.35. The third-order valence-electron chi connectivity index (χ3n) is 3.45. The largest absolute Gasteiger partial charge is 0.507 e. The molecule has 0 atom stereocenters. The van der Waals surface area contributed by atoms with Crippen molar-refractivity contribution in [3.8, 4) is 5.75 Å². The van der Waals surface area contributed by atoms with Gasteiger partial charge in [-0.3, -0.25) is 4.99 Å². The van der Waals surface area contributed by atoms with E-state index in [2.05, 4.69) is 4.99 Å². The Kier molecular flexibility index (Phi) is 3.63. The van der Waals surface area contributed by atoms with Crippen molar-refractivity contribution >= 4 is 34.3 Å². The van der Waals surface area contributed by atoms with Gasteiger partial charge in [-0.1, -0.05) is 48.0 Å². The van der Waals surface area contributed by atoms with Crippen molar-refractivity contribution < 1.29 is 5.11 Å². The Morgan fingerprint density at radius 1 is 1.05 bits per heavy atom. The SMILES string of the molecule is Cc1ccc(Cl)cc1N=Cc1ccc2ccccc2c1O. The number of benzene rings is 3. The minimum absolute atomic E-state index is 0.247. The third-order valence-corrected chi connectivity index (χ3v) is 3.68. The molecule has 0 amide bonds. The summed E-state index contributed by atoms with van der Waals surface area (Å²) in [5.41, 5.74) is 2.53. The molecule has 0 heterocycles. The van der Waals surface area contributed by atoms with E-state index in [1.807, 2.05) is 61.5 Å². The first-order valence-corrected chi connectivity index (χ1v) is 7.04. The second-order valence-electron chi connectivity index (χ2n) is 4.91. The van der Waals surface area contributed by atoms with Gasteiger partial charge in [0.15, 0.2) is 0 Å². The van der Waals surface area contributed by atoms with E-state index in [0.717, 1.165) is 22.0 Å². The van der Waals surface area contributed by atoms with Gasteiger partial charge in [-0.05, 0) is 36.1 Å². The van der Waals surface area contributed by atoms with Crippen LogP contribution in [0.25, 0.3) is 10.8 Å². The van der Waals surface area contributed by atoms with Gasteiger partial charge in [-0.2, -0.15) is 0 Å². The van der Waals surface area contributed by atoms with Crippen molar-refractivity contribution in [1.82, 2.24) is 0 Å². The van der Waals surface area contributed by atoms with Crippen LogP contribution in [0, 0.1) is 6.92 Å². The highest BCUT2D eigenvalue weighted by molar-refractivity contribution is 6.30. The molecule has 3 heteroatoms. The summed E-state index contributed by atoms with van der Waals surface area (Å²) in [6.07, 6.45) is 1.67. The van der Waals surface area contributed by atoms with Crippen LogP contribution in [0.4, 0.5) is 5.69 Å². The Morgan fingerprint density at radius 2 is 1.86 bits per heavy atom. The summed E-state index contributed by atoms with van der Waals surface area (Å²) in [4.78, 5) is 4.44. The fourth-order valence-electron chi connectivity index (χ4n) is 2.24. The molecule has 3 rings (SSSR count). The van der Waals surface area contributed by atoms with Gasteiger partial charge in [0.05, 0.1) is 5.69 Å². The van der Waals surface area contributed by atoms with Gasteiger partial charge in [0, 0.05) is 22.2 Å². The molecule has 0 aromatic heterocycles. The van der Waals surface area contributed by atoms with Gasteiger partial charge < -0.3 is 5.11 Å². The minimum atomic E-state index is 0.247. The molecule has 0 aliphatic rings. The molecular weight excluding hydrogens is 282 g/mol. The van der Waals surface area contributed by atoms with Gasteiger partial charge in [0.2, 0.25) is 0 Å². The summed E-state index contributed by atoms with van der Waals surface area (Å²) in [5.74, 6) is 0.247. The van der Waals surface area contributed by atoms with Crippen LogP contribution in [-0.4, -0.2) is 11.3 Å². The lowest BCUT2D eigenvalue weighted by molar-refractivity contribution is 0.481. The average Bonchev–Trinajstić information content (AvgIpc) is 2.50. The van der Waals surface area contributed by atoms with Crippen LogP contribution >= 0.6 is 11.6 Å². The van der Waals surface area contributed by atoms with Crippen LogP contribution in [0.1, 0.15) is 11.1 Å². The van der Waals surface area contributed by atoms with E-state index in [4.69, 9.17) is 11.6 Å². The molecule has 3 aromatic carbocycles. The van der Waals surface area contributed by atoms with Gasteiger partial charge in [0.1, 0.15) is 5.75 Å². The highest BCUT2D eigenvalue weighted by Gasteiger charge is 2.04. The number of aromatic hydroxyl groups is 1. The smallest absolute Gasteiger partial charge is 0.132 e. The number of halogens is 1. The van der Waals surface area contributed by atoms with E-state index in [1.54, 1.807) is 6.21 Å². The number of nitrogens with zero attached hydrogens (tertiary/aromatic N) is 1. The standard InChI is InChI=1S/C18H14ClNO/c1-12-6-9-15(19)10-17(12)20-11-14-8-7-13-4-2-3-5-16(13)18(14)21/h2-11,21H,1H3. The average molecular weight is 296 g/mol. The zero-order valence-corrected chi connectivity index (χ0v) is 12.3. The van der Waals surface area contributed by atoms with Crippen LogP contribution < -0.4 is 0 Å². The van der Waals surface area contributed by atoms with E-state index >= 15 is 0 Å². The normalized spacial score (nSPS) is 11.3. The lowest BCUT2D eigenvalue weighted by atomic mass is 10.1. The van der Waals surface area contributed by atoms with Crippen LogP contribution in [0.3, 0.4) is 0 Å². The highest BCUT2D eigenvalue weighted by atomic mass is 35.5. The maximum atomic E-state index is 10.3. The van der Waals surface area contributed by atoms with Crippen molar-refractivity contribution in [2.75, 3.05) is 0 Å². The predicted octanol–water partition coefficient (Wildman–Crippen LogP) is 5.26. The Hall–Kier alpha value is -2.32. The Balaban J connectivity index is 2.03. The summed E-state index contributed by atoms with van der Waals surface area (Å²) in [6, 6.07) is 17.1. The number of phenolic OH excluding ortho intramolecular Hbond substituents is 1. The Bertz CT molecular complexity index is 840. The van der Waals surface area contributed by atoms with Crippen LogP contribution in [-0.2, 0) is 0 Å². The summed E-state index contributed by atoms with van der Waals surface area (Å²) < 4.78 is 0. The van der Waals surface area contributed by atoms with Crippen molar-refractivity contribution in [3.05, 3.63) is 70.7 Å². The summed E-state index contributed by atoms with van der Waals surface area (Å²) >= 11 is 5.98. The number of aryl methyl sites for hydroxylation is 1. The zero-order chi connectivity index (χ0) is 14.8. The monoisotopic (exact) mass is 295 g/mol. The second kappa shape index (κ2) is 5.58. The van der Waals surface area contributed by atoms with Crippen LogP contribution in [0.2, 0.25) is 5.02 Å². The summed E-state index contributed by atoms with van der Waals surface area (Å²) in [5, 5.41) is 12.8. The van der Waals surface area contributed by atoms with Gasteiger partial charge in [-0.15, -0.1) is 0 Å². The molecule has 0 fully saturated rings. The molecule has 0 bridgehead atoms. The quantitative estimate of drug-likeness (QED) is 0.643. The van der Waals surface area contributed by atoms with E-state index < -0.39 is 0 Å². The summed E-state index contributed by atoms with van der Waals surface area (Å²) in [6.45, 7) is 1.98. The topological polar surface area (TPSA) is 32.6 Å². The lowest BCUT2D eigenvalue weighted by Crippen LogP contribution is -1.85. The van der Waals surface area contributed by atoms with Crippen molar-refractivity contribution in [2.24, 2.45) is 4.99 Å². The van der Waals surface area contributed by atoms with Gasteiger partial charge >= 0.3 is 0 Å². The van der Waals surface area contributed by atoms with E-state index in [9.17, 15) is 5.11 Å². The first-order chi connectivity index (χ1) is 10.1. The molecule has 3 aromatic rings. The number of aliphatic imine (C=N–C) groups is 1. The molecule has 0 spiro atoms. The van der Waals surface area contributed by atoms with Crippen molar-refractivity contribution in [1.29, 1.82) is 0 Å². The Morgan fingerprint density at radius 3 is 2.71 bits per heavy atom. The van der Waals surface area contributed by atoms with E-state index in [-0.39, 0.29) is 5.75 Å². The number of phenols is 1. The molecule has 0 radical (unpaired) electrons. The number of fused-ring (bicyclic) bond motifs is 1. The molecular formula is C18H14ClNO. The first-order valence-electron chi connectivity index (χ1n) is 6.66. The summed E-state index contributed by atoms with van der Waals surface area (Å²) in [7, 11) is 0. The Labute approximate surface area is 128 Å².